The molecule has 4 saturated carbocycles. The Morgan fingerprint density at radius 2 is 1.54 bits per heavy atom. The monoisotopic (exact) mass is 661 g/mol. The van der Waals surface area contributed by atoms with Crippen LogP contribution in [-0.4, -0.2) is 49.1 Å². The molecule has 0 bridgehead atoms. The summed E-state index contributed by atoms with van der Waals surface area (Å²) in [5.74, 6) is 1.92. The number of nitrogens with zero attached hydrogens (tertiary/aromatic N) is 1. The minimum Gasteiger partial charge on any atom is -0.478 e. The first kappa shape index (κ1) is 38.4. The van der Waals surface area contributed by atoms with Crippen LogP contribution in [0, 0.1) is 50.7 Å². The summed E-state index contributed by atoms with van der Waals surface area (Å²) in [7, 11) is 4.15. The van der Waals surface area contributed by atoms with Gasteiger partial charge in [0.05, 0.1) is 11.0 Å². The molecule has 1 amide bonds. The Labute approximate surface area is 293 Å². The van der Waals surface area contributed by atoms with Crippen molar-refractivity contribution in [3.8, 4) is 0 Å². The summed E-state index contributed by atoms with van der Waals surface area (Å²) >= 11 is 0. The van der Waals surface area contributed by atoms with Gasteiger partial charge in [0.2, 0.25) is 5.91 Å². The number of carbonyl (C=O) groups is 2. The second-order valence-electron chi connectivity index (χ2n) is 17.2. The number of likely N-dealkylation sites (N-methyl/N-ethyl adjacent to an activating group) is 1. The summed E-state index contributed by atoms with van der Waals surface area (Å²) in [6.07, 6.45) is 16.2. The summed E-state index contributed by atoms with van der Waals surface area (Å²) in [4.78, 5) is 27.5. The normalized spacial score (nSPS) is 37.4. The van der Waals surface area contributed by atoms with E-state index in [0.29, 0.717) is 35.1 Å². The third-order valence-corrected chi connectivity index (χ3v) is 14.7. The molecular weight excluding hydrogens is 592 g/mol. The van der Waals surface area contributed by atoms with Crippen LogP contribution in [0.25, 0.3) is 5.57 Å². The highest BCUT2D eigenvalue weighted by Gasteiger charge is 2.70. The molecule has 5 nitrogen and oxygen atoms in total. The molecule has 0 spiro atoms. The number of rotatable bonds is 6. The number of benzene rings is 1. The van der Waals surface area contributed by atoms with E-state index in [2.05, 4.69) is 71.6 Å². The third kappa shape index (κ3) is 6.13. The predicted molar refractivity (Wildman–Crippen MR) is 201 cm³/mol. The first-order chi connectivity index (χ1) is 22.6. The summed E-state index contributed by atoms with van der Waals surface area (Å²) in [5.41, 5.74) is 3.58. The van der Waals surface area contributed by atoms with Gasteiger partial charge in [-0.2, -0.15) is 0 Å². The molecular formula is C43H68N2O3. The van der Waals surface area contributed by atoms with Crippen LogP contribution in [0.5, 0.6) is 0 Å². The van der Waals surface area contributed by atoms with E-state index in [4.69, 9.17) is 0 Å². The standard InChI is InChI=1S/C38H56N2O3.C3H6.C2H6/c1-34(2)27(25-10-12-26(13-11-25)32(41)42)16-19-35(3)30(34)17-20-37(5)31(35)15-14-28-29-9-8-18-38(29,22-21-36(28,37)4)33(43)39-23-24-40(6)7;1-3-2;1-2/h10-13,16,28-31H,8-9,14-15,17-24H2,1-7H3,(H,39,43)(H,41,42);3H,1H2,2H3;1-2H3/t28?,29?,30?,31?,35?,36-,37?,38?;;/m1../s1. The Balaban J connectivity index is 0.000000986. The van der Waals surface area contributed by atoms with E-state index in [1.54, 1.807) is 18.2 Å². The highest BCUT2D eigenvalue weighted by molar-refractivity contribution is 5.88. The molecule has 2 N–H and O–H groups in total. The molecule has 5 aliphatic rings. The van der Waals surface area contributed by atoms with Crippen molar-refractivity contribution >= 4 is 17.4 Å². The maximum absolute atomic E-state index is 13.9. The second kappa shape index (κ2) is 14.4. The van der Waals surface area contributed by atoms with Gasteiger partial charge in [0.15, 0.2) is 0 Å². The largest absolute Gasteiger partial charge is 0.478 e. The first-order valence-electron chi connectivity index (χ1n) is 19.2. The van der Waals surface area contributed by atoms with Crippen LogP contribution in [0.3, 0.4) is 0 Å². The number of amides is 1. The fraction of sp³-hybridized carbons (Fsp3) is 0.721. The van der Waals surface area contributed by atoms with Crippen molar-refractivity contribution in [3.63, 3.8) is 0 Å². The van der Waals surface area contributed by atoms with Gasteiger partial charge in [0, 0.05) is 13.1 Å². The summed E-state index contributed by atoms with van der Waals surface area (Å²) < 4.78 is 0. The van der Waals surface area contributed by atoms with Crippen LogP contribution < -0.4 is 5.32 Å². The van der Waals surface area contributed by atoms with E-state index in [0.717, 1.165) is 32.4 Å². The molecule has 8 atom stereocenters. The SMILES string of the molecule is C=CC.CC.CN(C)CCNC(=O)C12CCCC1C1CCC3C4(C)CC=C(c5ccc(C(=O)O)cc5)C(C)(C)C4CCC3(C)[C@]1(C)CC2. The van der Waals surface area contributed by atoms with Gasteiger partial charge in [-0.05, 0) is 147 Å². The van der Waals surface area contributed by atoms with Crippen molar-refractivity contribution in [2.75, 3.05) is 27.2 Å². The van der Waals surface area contributed by atoms with Gasteiger partial charge in [-0.3, -0.25) is 4.79 Å². The molecule has 0 aromatic heterocycles. The zero-order valence-corrected chi connectivity index (χ0v) is 32.2. The zero-order valence-electron chi connectivity index (χ0n) is 32.2. The first-order valence-corrected chi connectivity index (χ1v) is 19.2. The smallest absolute Gasteiger partial charge is 0.335 e. The molecule has 7 unspecified atom stereocenters. The van der Waals surface area contributed by atoms with Gasteiger partial charge < -0.3 is 15.3 Å². The Bertz CT molecular complexity index is 1350. The van der Waals surface area contributed by atoms with Crippen LogP contribution in [0.15, 0.2) is 43.0 Å². The Hall–Kier alpha value is -2.40. The van der Waals surface area contributed by atoms with E-state index in [1.807, 2.05) is 32.9 Å². The van der Waals surface area contributed by atoms with E-state index < -0.39 is 5.97 Å². The number of hydrogen-bond donors (Lipinski definition) is 2. The van der Waals surface area contributed by atoms with Gasteiger partial charge in [-0.25, -0.2) is 4.79 Å². The van der Waals surface area contributed by atoms with E-state index in [1.165, 1.54) is 56.1 Å². The van der Waals surface area contributed by atoms with Crippen molar-refractivity contribution in [1.29, 1.82) is 0 Å². The Kier molecular flexibility index (Phi) is 11.6. The number of carboxylic acids is 1. The molecule has 4 fully saturated rings. The van der Waals surface area contributed by atoms with Crippen LogP contribution in [0.2, 0.25) is 0 Å². The van der Waals surface area contributed by atoms with Gasteiger partial charge in [-0.1, -0.05) is 79.2 Å². The molecule has 0 saturated heterocycles. The number of hydrogen-bond acceptors (Lipinski definition) is 3. The quantitative estimate of drug-likeness (QED) is 0.298. The molecule has 0 radical (unpaired) electrons. The molecule has 0 heterocycles. The summed E-state index contributed by atoms with van der Waals surface area (Å²) in [6, 6.07) is 7.56. The van der Waals surface area contributed by atoms with Gasteiger partial charge >= 0.3 is 5.97 Å². The van der Waals surface area contributed by atoms with Gasteiger partial charge in [-0.15, -0.1) is 6.58 Å². The average Bonchev–Trinajstić information content (AvgIpc) is 3.48. The number of carboxylic acid groups (broad SMARTS) is 1. The van der Waals surface area contributed by atoms with Crippen molar-refractivity contribution in [2.45, 2.75) is 120 Å². The van der Waals surface area contributed by atoms with Crippen LogP contribution in [0.1, 0.15) is 136 Å². The van der Waals surface area contributed by atoms with Crippen molar-refractivity contribution in [1.82, 2.24) is 10.2 Å². The molecule has 5 heteroatoms. The second-order valence-corrected chi connectivity index (χ2v) is 17.2. The number of fused-ring (bicyclic) bond motifs is 7. The van der Waals surface area contributed by atoms with E-state index in [9.17, 15) is 14.7 Å². The van der Waals surface area contributed by atoms with Crippen LogP contribution in [-0.2, 0) is 4.79 Å². The van der Waals surface area contributed by atoms with Crippen molar-refractivity contribution in [2.24, 2.45) is 50.7 Å². The molecule has 48 heavy (non-hydrogen) atoms. The van der Waals surface area contributed by atoms with Gasteiger partial charge in [0.1, 0.15) is 0 Å². The molecule has 6 rings (SSSR count). The maximum Gasteiger partial charge on any atom is 0.335 e. The fourth-order valence-electron chi connectivity index (χ4n) is 12.4. The topological polar surface area (TPSA) is 69.6 Å². The number of nitrogens with one attached hydrogen (secondary N) is 1. The lowest BCUT2D eigenvalue weighted by Crippen LogP contribution is -2.65. The third-order valence-electron chi connectivity index (χ3n) is 14.7. The minimum atomic E-state index is -0.866. The highest BCUT2D eigenvalue weighted by atomic mass is 16.4. The van der Waals surface area contributed by atoms with Crippen molar-refractivity contribution in [3.05, 3.63) is 54.1 Å². The molecule has 268 valence electrons. The minimum absolute atomic E-state index is 0.0225. The fourth-order valence-corrected chi connectivity index (χ4v) is 12.4. The molecule has 0 aliphatic heterocycles. The van der Waals surface area contributed by atoms with Crippen LogP contribution >= 0.6 is 0 Å². The lowest BCUT2D eigenvalue weighted by molar-refractivity contribution is -0.222. The molecule has 1 aromatic carbocycles. The van der Waals surface area contributed by atoms with Gasteiger partial charge in [0.25, 0.3) is 0 Å². The summed E-state index contributed by atoms with van der Waals surface area (Å²) in [5, 5.41) is 12.8. The predicted octanol–water partition coefficient (Wildman–Crippen LogP) is 10.1. The van der Waals surface area contributed by atoms with E-state index in [-0.39, 0.29) is 27.1 Å². The lowest BCUT2D eigenvalue weighted by atomic mass is 9.32. The number of aromatic carboxylic acids is 1. The zero-order chi connectivity index (χ0) is 35.7. The maximum atomic E-state index is 13.9. The van der Waals surface area contributed by atoms with E-state index >= 15 is 0 Å². The Morgan fingerprint density at radius 1 is 0.896 bits per heavy atom. The number of allylic oxidation sites excluding steroid dienone is 3. The molecule has 5 aliphatic carbocycles. The highest BCUT2D eigenvalue weighted by Crippen LogP contribution is 2.77. The number of carbonyl (C=O) groups excluding carboxylic acids is 1. The lowest BCUT2D eigenvalue weighted by Gasteiger charge is -2.72. The van der Waals surface area contributed by atoms with Crippen molar-refractivity contribution < 1.29 is 14.7 Å². The van der Waals surface area contributed by atoms with Crippen LogP contribution in [0.4, 0.5) is 0 Å². The molecule has 1 aromatic rings. The summed E-state index contributed by atoms with van der Waals surface area (Å²) in [6.45, 7) is 23.7. The Morgan fingerprint density at radius 3 is 2.15 bits per heavy atom. The average molecular weight is 661 g/mol.